The highest BCUT2D eigenvalue weighted by Gasteiger charge is 2.13. The van der Waals surface area contributed by atoms with Crippen LogP contribution in [0.5, 0.6) is 0 Å². The number of rotatable bonds is 9. The number of hydrogen-bond donors (Lipinski definition) is 1. The molecule has 1 unspecified atom stereocenters. The zero-order valence-corrected chi connectivity index (χ0v) is 12.2. The second kappa shape index (κ2) is 8.19. The molecule has 0 radical (unpaired) electrons. The molecule has 5 heteroatoms. The van der Waals surface area contributed by atoms with Crippen molar-refractivity contribution in [3.05, 3.63) is 5.82 Å². The molecule has 0 aliphatic heterocycles. The van der Waals surface area contributed by atoms with E-state index in [1.165, 1.54) is 12.8 Å². The van der Waals surface area contributed by atoms with Crippen molar-refractivity contribution in [2.75, 3.05) is 6.54 Å². The summed E-state index contributed by atoms with van der Waals surface area (Å²) in [6.07, 6.45) is 4.80. The molecule has 5 nitrogen and oxygen atoms in total. The lowest BCUT2D eigenvalue weighted by Gasteiger charge is -2.13. The molecule has 0 saturated heterocycles. The fourth-order valence-corrected chi connectivity index (χ4v) is 1.95. The van der Waals surface area contributed by atoms with Crippen molar-refractivity contribution >= 4 is 0 Å². The van der Waals surface area contributed by atoms with Crippen molar-refractivity contribution in [1.82, 2.24) is 25.5 Å². The Kier molecular flexibility index (Phi) is 6.86. The maximum atomic E-state index is 4.12. The Balaban J connectivity index is 2.39. The van der Waals surface area contributed by atoms with E-state index >= 15 is 0 Å². The van der Waals surface area contributed by atoms with Gasteiger partial charge in [0.15, 0.2) is 5.82 Å². The van der Waals surface area contributed by atoms with Gasteiger partial charge in [0, 0.05) is 6.54 Å². The fraction of sp³-hybridized carbons (Fsp3) is 0.923. The number of aromatic nitrogens is 4. The van der Waals surface area contributed by atoms with Crippen LogP contribution in [0.1, 0.15) is 65.2 Å². The lowest BCUT2D eigenvalue weighted by molar-refractivity contribution is 0.451. The number of unbranched alkanes of at least 4 members (excludes halogenated alkanes) is 1. The van der Waals surface area contributed by atoms with E-state index in [0.29, 0.717) is 0 Å². The number of hydrogen-bond acceptors (Lipinski definition) is 4. The van der Waals surface area contributed by atoms with Crippen molar-refractivity contribution in [2.45, 2.75) is 66.0 Å². The standard InChI is InChI=1S/C13H27N5/c1-5-9-14-12(4)13-15-16-17-18(13)10-7-6-8-11(2)3/h11-12,14H,5-10H2,1-4H3. The molecule has 0 bridgehead atoms. The molecule has 1 rings (SSSR count). The van der Waals surface area contributed by atoms with E-state index in [0.717, 1.165) is 37.7 Å². The van der Waals surface area contributed by atoms with Gasteiger partial charge in [-0.2, -0.15) is 0 Å². The molecule has 104 valence electrons. The van der Waals surface area contributed by atoms with Gasteiger partial charge in [0.05, 0.1) is 6.04 Å². The predicted octanol–water partition coefficient (Wildman–Crippen LogP) is 2.56. The molecule has 1 aromatic rings. The molecular formula is C13H27N5. The summed E-state index contributed by atoms with van der Waals surface area (Å²) in [6, 6.07) is 0.227. The quantitative estimate of drug-likeness (QED) is 0.687. The smallest absolute Gasteiger partial charge is 0.167 e. The van der Waals surface area contributed by atoms with Crippen LogP contribution in [0.4, 0.5) is 0 Å². The molecule has 18 heavy (non-hydrogen) atoms. The van der Waals surface area contributed by atoms with Gasteiger partial charge in [0.1, 0.15) is 0 Å². The van der Waals surface area contributed by atoms with Crippen LogP contribution in [0.15, 0.2) is 0 Å². The number of tetrazole rings is 1. The second-order valence-electron chi connectivity index (χ2n) is 5.33. The van der Waals surface area contributed by atoms with E-state index < -0.39 is 0 Å². The van der Waals surface area contributed by atoms with Gasteiger partial charge in [-0.3, -0.25) is 0 Å². The van der Waals surface area contributed by atoms with Crippen LogP contribution >= 0.6 is 0 Å². The van der Waals surface area contributed by atoms with Gasteiger partial charge < -0.3 is 5.32 Å². The third-order valence-electron chi connectivity index (χ3n) is 3.05. The first-order valence-electron chi connectivity index (χ1n) is 7.14. The average molecular weight is 253 g/mol. The largest absolute Gasteiger partial charge is 0.307 e. The minimum atomic E-state index is 0.227. The summed E-state index contributed by atoms with van der Waals surface area (Å²) in [5.41, 5.74) is 0. The first-order chi connectivity index (χ1) is 8.65. The highest BCUT2D eigenvalue weighted by molar-refractivity contribution is 4.89. The Morgan fingerprint density at radius 3 is 2.67 bits per heavy atom. The predicted molar refractivity (Wildman–Crippen MR) is 73.2 cm³/mol. The molecule has 1 N–H and O–H groups in total. The van der Waals surface area contributed by atoms with E-state index in [-0.39, 0.29) is 6.04 Å². The van der Waals surface area contributed by atoms with Crippen LogP contribution in [0.25, 0.3) is 0 Å². The summed E-state index contributed by atoms with van der Waals surface area (Å²) in [4.78, 5) is 0. The van der Waals surface area contributed by atoms with Gasteiger partial charge in [-0.25, -0.2) is 4.68 Å². The SMILES string of the molecule is CCCNC(C)c1nnnn1CCCCC(C)C. The first kappa shape index (κ1) is 15.1. The van der Waals surface area contributed by atoms with Gasteiger partial charge in [-0.15, -0.1) is 5.10 Å². The highest BCUT2D eigenvalue weighted by Crippen LogP contribution is 2.10. The molecule has 0 aromatic carbocycles. The van der Waals surface area contributed by atoms with E-state index in [9.17, 15) is 0 Å². The van der Waals surface area contributed by atoms with Crippen LogP contribution in [0.3, 0.4) is 0 Å². The van der Waals surface area contributed by atoms with Crippen LogP contribution in [0.2, 0.25) is 0 Å². The minimum absolute atomic E-state index is 0.227. The van der Waals surface area contributed by atoms with E-state index in [4.69, 9.17) is 0 Å². The Morgan fingerprint density at radius 2 is 2.00 bits per heavy atom. The molecule has 0 amide bonds. The molecule has 1 aromatic heterocycles. The zero-order chi connectivity index (χ0) is 13.4. The first-order valence-corrected chi connectivity index (χ1v) is 7.14. The third-order valence-corrected chi connectivity index (χ3v) is 3.05. The van der Waals surface area contributed by atoms with Crippen molar-refractivity contribution in [3.8, 4) is 0 Å². The molecule has 0 aliphatic carbocycles. The molecule has 1 atom stereocenters. The van der Waals surface area contributed by atoms with Gasteiger partial charge in [-0.1, -0.05) is 33.6 Å². The fourth-order valence-electron chi connectivity index (χ4n) is 1.95. The second-order valence-corrected chi connectivity index (χ2v) is 5.33. The number of nitrogens with zero attached hydrogens (tertiary/aromatic N) is 4. The Hall–Kier alpha value is -0.970. The van der Waals surface area contributed by atoms with Crippen LogP contribution < -0.4 is 5.32 Å². The van der Waals surface area contributed by atoms with Crippen molar-refractivity contribution in [3.63, 3.8) is 0 Å². The minimum Gasteiger partial charge on any atom is -0.307 e. The molecular weight excluding hydrogens is 226 g/mol. The number of aryl methyl sites for hydroxylation is 1. The summed E-state index contributed by atoms with van der Waals surface area (Å²) in [5, 5.41) is 15.4. The molecule has 0 saturated carbocycles. The molecule has 0 aliphatic rings. The summed E-state index contributed by atoms with van der Waals surface area (Å²) in [6.45, 7) is 10.7. The monoisotopic (exact) mass is 253 g/mol. The summed E-state index contributed by atoms with van der Waals surface area (Å²) in [5.74, 6) is 1.73. The summed E-state index contributed by atoms with van der Waals surface area (Å²) >= 11 is 0. The molecule has 1 heterocycles. The Bertz CT molecular complexity index is 321. The van der Waals surface area contributed by atoms with Crippen LogP contribution in [0, 0.1) is 5.92 Å². The van der Waals surface area contributed by atoms with Gasteiger partial charge in [-0.05, 0) is 42.7 Å². The molecule has 0 fully saturated rings. The maximum Gasteiger partial charge on any atom is 0.167 e. The lowest BCUT2D eigenvalue weighted by Crippen LogP contribution is -2.23. The van der Waals surface area contributed by atoms with Crippen LogP contribution in [-0.2, 0) is 6.54 Å². The summed E-state index contributed by atoms with van der Waals surface area (Å²) in [7, 11) is 0. The van der Waals surface area contributed by atoms with Gasteiger partial charge in [0.25, 0.3) is 0 Å². The topological polar surface area (TPSA) is 55.6 Å². The Morgan fingerprint density at radius 1 is 1.22 bits per heavy atom. The van der Waals surface area contributed by atoms with Crippen molar-refractivity contribution in [2.24, 2.45) is 5.92 Å². The van der Waals surface area contributed by atoms with E-state index in [1.54, 1.807) is 0 Å². The van der Waals surface area contributed by atoms with E-state index in [1.807, 2.05) is 4.68 Å². The van der Waals surface area contributed by atoms with Crippen LogP contribution in [-0.4, -0.2) is 26.8 Å². The van der Waals surface area contributed by atoms with E-state index in [2.05, 4.69) is 48.5 Å². The molecule has 0 spiro atoms. The van der Waals surface area contributed by atoms with Gasteiger partial charge in [0.2, 0.25) is 0 Å². The third kappa shape index (κ3) is 5.12. The zero-order valence-electron chi connectivity index (χ0n) is 12.2. The maximum absolute atomic E-state index is 4.12. The van der Waals surface area contributed by atoms with Crippen molar-refractivity contribution in [1.29, 1.82) is 0 Å². The van der Waals surface area contributed by atoms with Gasteiger partial charge >= 0.3 is 0 Å². The average Bonchev–Trinajstić information content (AvgIpc) is 2.79. The number of nitrogens with one attached hydrogen (secondary N) is 1. The van der Waals surface area contributed by atoms with Crippen molar-refractivity contribution < 1.29 is 0 Å². The normalized spacial score (nSPS) is 13.2. The Labute approximate surface area is 110 Å². The lowest BCUT2D eigenvalue weighted by atomic mass is 10.1. The summed E-state index contributed by atoms with van der Waals surface area (Å²) < 4.78 is 1.94. The highest BCUT2D eigenvalue weighted by atomic mass is 15.5.